The van der Waals surface area contributed by atoms with Crippen LogP contribution in [0.25, 0.3) is 0 Å². The van der Waals surface area contributed by atoms with Crippen LogP contribution >= 0.6 is 0 Å². The highest BCUT2D eigenvalue weighted by molar-refractivity contribution is 5.29. The maximum atomic E-state index is 9.91. The molecule has 1 aromatic carbocycles. The fraction of sp³-hybridized carbons (Fsp3) is 0.774. The van der Waals surface area contributed by atoms with E-state index in [1.165, 1.54) is 102 Å². The molecule has 0 bridgehead atoms. The molecular formula is C31H49N. The van der Waals surface area contributed by atoms with Crippen molar-refractivity contribution >= 4 is 0 Å². The summed E-state index contributed by atoms with van der Waals surface area (Å²) in [4.78, 5) is 0. The van der Waals surface area contributed by atoms with Gasteiger partial charge in [-0.2, -0.15) is 5.26 Å². The quantitative estimate of drug-likeness (QED) is 0.299. The van der Waals surface area contributed by atoms with Crippen LogP contribution in [0.1, 0.15) is 152 Å². The summed E-state index contributed by atoms with van der Waals surface area (Å²) in [5, 5.41) is 9.91. The summed E-state index contributed by atoms with van der Waals surface area (Å²) in [6, 6.07) is 12.5. The molecule has 1 nitrogen and oxygen atoms in total. The van der Waals surface area contributed by atoms with Gasteiger partial charge in [0, 0.05) is 0 Å². The third-order valence-electron chi connectivity index (χ3n) is 8.88. The Hall–Kier alpha value is -1.29. The Labute approximate surface area is 199 Å². The molecule has 0 aliphatic heterocycles. The monoisotopic (exact) mass is 435 g/mol. The van der Waals surface area contributed by atoms with Crippen LogP contribution in [0.4, 0.5) is 0 Å². The SMILES string of the molecule is CCCCCCCC1(C#N)CCC(c2ccc(C3CCC(CCCCC)CC3)cc2)CC1. The van der Waals surface area contributed by atoms with Crippen molar-refractivity contribution in [1.29, 1.82) is 5.26 Å². The van der Waals surface area contributed by atoms with E-state index in [0.29, 0.717) is 5.92 Å². The van der Waals surface area contributed by atoms with Crippen LogP contribution in [0.5, 0.6) is 0 Å². The summed E-state index contributed by atoms with van der Waals surface area (Å²) in [6.45, 7) is 4.58. The Morgan fingerprint density at radius 3 is 1.81 bits per heavy atom. The smallest absolute Gasteiger partial charge is 0.0689 e. The van der Waals surface area contributed by atoms with Gasteiger partial charge in [-0.25, -0.2) is 0 Å². The Morgan fingerprint density at radius 2 is 1.25 bits per heavy atom. The first-order valence-corrected chi connectivity index (χ1v) is 14.2. The molecule has 0 spiro atoms. The van der Waals surface area contributed by atoms with E-state index in [-0.39, 0.29) is 5.41 Å². The predicted molar refractivity (Wildman–Crippen MR) is 138 cm³/mol. The first kappa shape index (κ1) is 25.3. The number of hydrogen-bond acceptors (Lipinski definition) is 1. The normalized spacial score (nSPS) is 28.3. The van der Waals surface area contributed by atoms with Gasteiger partial charge >= 0.3 is 0 Å². The van der Waals surface area contributed by atoms with E-state index >= 15 is 0 Å². The molecule has 2 fully saturated rings. The second-order valence-corrected chi connectivity index (χ2v) is 11.2. The van der Waals surface area contributed by atoms with Gasteiger partial charge in [-0.15, -0.1) is 0 Å². The fourth-order valence-electron chi connectivity index (χ4n) is 6.50. The van der Waals surface area contributed by atoms with Crippen LogP contribution in [0, 0.1) is 22.7 Å². The van der Waals surface area contributed by atoms with E-state index in [1.807, 2.05) is 0 Å². The van der Waals surface area contributed by atoms with Crippen LogP contribution in [0.15, 0.2) is 24.3 Å². The Balaban J connectivity index is 1.43. The summed E-state index contributed by atoms with van der Waals surface area (Å²) in [6.07, 6.45) is 23.6. The van der Waals surface area contributed by atoms with Crippen LogP contribution in [0.2, 0.25) is 0 Å². The zero-order valence-corrected chi connectivity index (χ0v) is 21.2. The van der Waals surface area contributed by atoms with Crippen molar-refractivity contribution in [2.75, 3.05) is 0 Å². The summed E-state index contributed by atoms with van der Waals surface area (Å²) in [5.74, 6) is 2.45. The van der Waals surface area contributed by atoms with Crippen molar-refractivity contribution in [1.82, 2.24) is 0 Å². The van der Waals surface area contributed by atoms with Gasteiger partial charge in [0.05, 0.1) is 11.5 Å². The van der Waals surface area contributed by atoms with E-state index in [2.05, 4.69) is 44.2 Å². The topological polar surface area (TPSA) is 23.8 Å². The van der Waals surface area contributed by atoms with Crippen molar-refractivity contribution in [2.24, 2.45) is 11.3 Å². The number of rotatable bonds is 12. The molecular weight excluding hydrogens is 386 g/mol. The Morgan fingerprint density at radius 1 is 0.719 bits per heavy atom. The number of nitriles is 1. The van der Waals surface area contributed by atoms with E-state index in [9.17, 15) is 5.26 Å². The molecule has 0 heterocycles. The van der Waals surface area contributed by atoms with Gasteiger partial charge in [-0.3, -0.25) is 0 Å². The lowest BCUT2D eigenvalue weighted by Gasteiger charge is -2.35. The van der Waals surface area contributed by atoms with Gasteiger partial charge in [0.1, 0.15) is 0 Å². The first-order valence-electron chi connectivity index (χ1n) is 14.2. The minimum absolute atomic E-state index is 0.0293. The highest BCUT2D eigenvalue weighted by Gasteiger charge is 2.35. The van der Waals surface area contributed by atoms with Crippen LogP contribution in [-0.4, -0.2) is 0 Å². The molecule has 1 aromatic rings. The minimum atomic E-state index is -0.0293. The average molecular weight is 436 g/mol. The van der Waals surface area contributed by atoms with Crippen molar-refractivity contribution in [3.05, 3.63) is 35.4 Å². The standard InChI is InChI=1S/C31H49N/c1-3-5-7-8-10-22-31(25-32)23-20-30(21-24-31)29-18-16-28(17-19-29)27-14-12-26(13-15-27)11-9-6-4-2/h16-19,26-27,30H,3-15,20-24H2,1-2H3. The van der Waals surface area contributed by atoms with Gasteiger partial charge < -0.3 is 0 Å². The highest BCUT2D eigenvalue weighted by atomic mass is 14.4. The maximum Gasteiger partial charge on any atom is 0.0689 e. The van der Waals surface area contributed by atoms with Crippen molar-refractivity contribution < 1.29 is 0 Å². The molecule has 0 aromatic heterocycles. The van der Waals surface area contributed by atoms with E-state index < -0.39 is 0 Å². The molecule has 0 saturated heterocycles. The van der Waals surface area contributed by atoms with Crippen LogP contribution in [-0.2, 0) is 0 Å². The molecule has 0 N–H and O–H groups in total. The average Bonchev–Trinajstić information content (AvgIpc) is 2.85. The number of hydrogen-bond donors (Lipinski definition) is 0. The molecule has 0 radical (unpaired) electrons. The summed E-state index contributed by atoms with van der Waals surface area (Å²) >= 11 is 0. The summed E-state index contributed by atoms with van der Waals surface area (Å²) in [7, 11) is 0. The largest absolute Gasteiger partial charge is 0.198 e. The van der Waals surface area contributed by atoms with Gasteiger partial charge in [0.25, 0.3) is 0 Å². The predicted octanol–water partition coefficient (Wildman–Crippen LogP) is 10.1. The number of unbranched alkanes of at least 4 members (excludes halogenated alkanes) is 6. The van der Waals surface area contributed by atoms with E-state index in [0.717, 1.165) is 31.1 Å². The number of nitrogens with zero attached hydrogens (tertiary/aromatic N) is 1. The zero-order chi connectivity index (χ0) is 22.7. The number of benzene rings is 1. The molecule has 0 amide bonds. The lowest BCUT2D eigenvalue weighted by atomic mass is 9.67. The van der Waals surface area contributed by atoms with Crippen LogP contribution in [0.3, 0.4) is 0 Å². The zero-order valence-electron chi connectivity index (χ0n) is 21.2. The van der Waals surface area contributed by atoms with Crippen molar-refractivity contribution in [3.8, 4) is 6.07 Å². The lowest BCUT2D eigenvalue weighted by Crippen LogP contribution is -2.25. The van der Waals surface area contributed by atoms with E-state index in [1.54, 1.807) is 5.56 Å². The van der Waals surface area contributed by atoms with E-state index in [4.69, 9.17) is 0 Å². The molecule has 2 saturated carbocycles. The highest BCUT2D eigenvalue weighted by Crippen LogP contribution is 2.46. The third-order valence-corrected chi connectivity index (χ3v) is 8.88. The third kappa shape index (κ3) is 7.37. The van der Waals surface area contributed by atoms with Crippen LogP contribution < -0.4 is 0 Å². The summed E-state index contributed by atoms with van der Waals surface area (Å²) < 4.78 is 0. The van der Waals surface area contributed by atoms with Crippen molar-refractivity contribution in [3.63, 3.8) is 0 Å². The molecule has 1 heteroatoms. The molecule has 0 unspecified atom stereocenters. The van der Waals surface area contributed by atoms with Crippen molar-refractivity contribution in [2.45, 2.75) is 141 Å². The van der Waals surface area contributed by atoms with Gasteiger partial charge in [-0.1, -0.05) is 95.9 Å². The molecule has 2 aliphatic carbocycles. The molecule has 0 atom stereocenters. The van der Waals surface area contributed by atoms with Gasteiger partial charge in [0.2, 0.25) is 0 Å². The Bertz CT molecular complexity index is 665. The Kier molecular flexibility index (Phi) is 10.6. The second-order valence-electron chi connectivity index (χ2n) is 11.2. The van der Waals surface area contributed by atoms with Gasteiger partial charge in [0.15, 0.2) is 0 Å². The maximum absolute atomic E-state index is 9.91. The second kappa shape index (κ2) is 13.4. The summed E-state index contributed by atoms with van der Waals surface area (Å²) in [5.41, 5.74) is 3.07. The fourth-order valence-corrected chi connectivity index (χ4v) is 6.50. The lowest BCUT2D eigenvalue weighted by molar-refractivity contribution is 0.223. The minimum Gasteiger partial charge on any atom is -0.198 e. The first-order chi connectivity index (χ1) is 15.7. The molecule has 2 aliphatic rings. The van der Waals surface area contributed by atoms with Gasteiger partial charge in [-0.05, 0) is 86.7 Å². The molecule has 178 valence electrons. The molecule has 3 rings (SSSR count). The molecule has 32 heavy (non-hydrogen) atoms.